The van der Waals surface area contributed by atoms with Crippen LogP contribution in [-0.2, 0) is 6.54 Å². The van der Waals surface area contributed by atoms with Gasteiger partial charge in [0.2, 0.25) is 0 Å². The minimum atomic E-state index is 0.00170. The number of hydrogen-bond acceptors (Lipinski definition) is 5. The molecule has 4 heterocycles. The van der Waals surface area contributed by atoms with Gasteiger partial charge in [-0.3, -0.25) is 9.89 Å². The van der Waals surface area contributed by atoms with E-state index in [0.717, 1.165) is 29.7 Å². The number of aromatic hydroxyl groups is 1. The highest BCUT2D eigenvalue weighted by Crippen LogP contribution is 2.33. The highest BCUT2D eigenvalue weighted by molar-refractivity contribution is 6.07. The van der Waals surface area contributed by atoms with Crippen molar-refractivity contribution in [3.63, 3.8) is 0 Å². The van der Waals surface area contributed by atoms with Gasteiger partial charge in [-0.05, 0) is 48.4 Å². The molecule has 1 amide bonds. The van der Waals surface area contributed by atoms with E-state index in [9.17, 15) is 9.90 Å². The van der Waals surface area contributed by atoms with Gasteiger partial charge in [0, 0.05) is 49.6 Å². The molecule has 0 saturated carbocycles. The molecule has 1 atom stereocenters. The Morgan fingerprint density at radius 3 is 2.68 bits per heavy atom. The number of likely N-dealkylation sites (tertiary alicyclic amines) is 1. The Bertz CT molecular complexity index is 1410. The van der Waals surface area contributed by atoms with Crippen LogP contribution in [0.3, 0.4) is 0 Å². The van der Waals surface area contributed by atoms with Gasteiger partial charge in [-0.15, -0.1) is 0 Å². The van der Waals surface area contributed by atoms with Crippen molar-refractivity contribution < 1.29 is 9.90 Å². The predicted octanol–water partition coefficient (Wildman–Crippen LogP) is 4.11. The number of nitrogens with zero attached hydrogens (tertiary/aromatic N) is 4. The summed E-state index contributed by atoms with van der Waals surface area (Å²) >= 11 is 0. The molecule has 1 fully saturated rings. The SMILES string of the molecule is Cc1[nH]nc2nc(-c3ccc(O)cc3)cc(C(=O)N3CC4=CN(Cc5ccccc5)CC4C3)c12. The van der Waals surface area contributed by atoms with Crippen LogP contribution in [-0.4, -0.2) is 55.6 Å². The number of pyridine rings is 1. The molecule has 0 aliphatic carbocycles. The molecule has 2 aromatic carbocycles. The van der Waals surface area contributed by atoms with Crippen LogP contribution >= 0.6 is 0 Å². The molecule has 4 aromatic rings. The molecule has 2 aliphatic rings. The first-order valence-corrected chi connectivity index (χ1v) is 11.5. The zero-order valence-corrected chi connectivity index (χ0v) is 18.9. The summed E-state index contributed by atoms with van der Waals surface area (Å²) < 4.78 is 0. The van der Waals surface area contributed by atoms with Crippen molar-refractivity contribution in [2.45, 2.75) is 13.5 Å². The van der Waals surface area contributed by atoms with Crippen molar-refractivity contribution >= 4 is 16.9 Å². The monoisotopic (exact) mass is 451 g/mol. The summed E-state index contributed by atoms with van der Waals surface area (Å²) in [6.45, 7) is 5.10. The molecule has 2 N–H and O–H groups in total. The van der Waals surface area contributed by atoms with Crippen LogP contribution < -0.4 is 0 Å². The van der Waals surface area contributed by atoms with Gasteiger partial charge in [-0.2, -0.15) is 5.10 Å². The van der Waals surface area contributed by atoms with E-state index in [4.69, 9.17) is 0 Å². The molecule has 0 spiro atoms. The fourth-order valence-electron chi connectivity index (χ4n) is 5.07. The van der Waals surface area contributed by atoms with E-state index in [-0.39, 0.29) is 11.7 Å². The number of aromatic amines is 1. The number of amides is 1. The van der Waals surface area contributed by atoms with Gasteiger partial charge in [-0.25, -0.2) is 4.98 Å². The normalized spacial score (nSPS) is 17.3. The van der Waals surface area contributed by atoms with Crippen LogP contribution in [0, 0.1) is 12.8 Å². The maximum atomic E-state index is 13.7. The van der Waals surface area contributed by atoms with Crippen molar-refractivity contribution in [3.05, 3.63) is 89.3 Å². The summed E-state index contributed by atoms with van der Waals surface area (Å²) in [5.41, 5.74) is 6.07. The number of H-pyrrole nitrogens is 1. The van der Waals surface area contributed by atoms with Crippen LogP contribution in [0.1, 0.15) is 21.6 Å². The first-order valence-electron chi connectivity index (χ1n) is 11.5. The summed E-state index contributed by atoms with van der Waals surface area (Å²) in [6, 6.07) is 19.2. The number of carbonyl (C=O) groups is 1. The minimum absolute atomic E-state index is 0.00170. The zero-order chi connectivity index (χ0) is 23.2. The molecule has 2 aliphatic heterocycles. The molecule has 1 unspecified atom stereocenters. The summed E-state index contributed by atoms with van der Waals surface area (Å²) in [7, 11) is 0. The number of phenolic OH excluding ortho intramolecular Hbond substituents is 1. The van der Waals surface area contributed by atoms with Crippen molar-refractivity contribution in [1.29, 1.82) is 0 Å². The summed E-state index contributed by atoms with van der Waals surface area (Å²) in [6.07, 6.45) is 2.23. The number of hydrogen-bond donors (Lipinski definition) is 2. The van der Waals surface area contributed by atoms with Crippen molar-refractivity contribution in [2.24, 2.45) is 5.92 Å². The van der Waals surface area contributed by atoms with E-state index in [0.29, 0.717) is 35.9 Å². The second kappa shape index (κ2) is 8.02. The molecule has 6 rings (SSSR count). The predicted molar refractivity (Wildman–Crippen MR) is 130 cm³/mol. The first kappa shape index (κ1) is 20.5. The Kier molecular flexibility index (Phi) is 4.83. The minimum Gasteiger partial charge on any atom is -0.508 e. The van der Waals surface area contributed by atoms with E-state index in [1.54, 1.807) is 24.3 Å². The highest BCUT2D eigenvalue weighted by atomic mass is 16.3. The fourth-order valence-corrected chi connectivity index (χ4v) is 5.07. The lowest BCUT2D eigenvalue weighted by atomic mass is 10.0. The Hall–Kier alpha value is -4.13. The summed E-state index contributed by atoms with van der Waals surface area (Å²) in [4.78, 5) is 22.7. The topological polar surface area (TPSA) is 85.3 Å². The zero-order valence-electron chi connectivity index (χ0n) is 18.9. The van der Waals surface area contributed by atoms with Crippen LogP contribution in [0.4, 0.5) is 0 Å². The van der Waals surface area contributed by atoms with E-state index in [1.165, 1.54) is 11.1 Å². The van der Waals surface area contributed by atoms with E-state index in [1.807, 2.05) is 24.0 Å². The van der Waals surface area contributed by atoms with Gasteiger partial charge in [0.05, 0.1) is 16.6 Å². The van der Waals surface area contributed by atoms with Gasteiger partial charge in [0.15, 0.2) is 5.65 Å². The van der Waals surface area contributed by atoms with Crippen LogP contribution in [0.5, 0.6) is 5.75 Å². The van der Waals surface area contributed by atoms with Crippen LogP contribution in [0.2, 0.25) is 0 Å². The van der Waals surface area contributed by atoms with Crippen LogP contribution in [0.15, 0.2) is 72.4 Å². The molecule has 170 valence electrons. The van der Waals surface area contributed by atoms with Gasteiger partial charge >= 0.3 is 0 Å². The third-order valence-electron chi connectivity index (χ3n) is 6.76. The average molecular weight is 452 g/mol. The molecular formula is C27H25N5O2. The van der Waals surface area contributed by atoms with Crippen molar-refractivity contribution in [1.82, 2.24) is 25.0 Å². The number of fused-ring (bicyclic) bond motifs is 2. The molecule has 1 saturated heterocycles. The molecule has 7 nitrogen and oxygen atoms in total. The van der Waals surface area contributed by atoms with Crippen molar-refractivity contribution in [3.8, 4) is 17.0 Å². The smallest absolute Gasteiger partial charge is 0.255 e. The Balaban J connectivity index is 1.28. The number of nitrogens with one attached hydrogen (secondary N) is 1. The number of benzene rings is 2. The average Bonchev–Trinajstić information content (AvgIpc) is 3.52. The quantitative estimate of drug-likeness (QED) is 0.488. The summed E-state index contributed by atoms with van der Waals surface area (Å²) in [5, 5.41) is 17.7. The molecule has 0 radical (unpaired) electrons. The third kappa shape index (κ3) is 3.59. The fraction of sp³-hybridized carbons (Fsp3) is 0.222. The second-order valence-electron chi connectivity index (χ2n) is 9.15. The maximum Gasteiger partial charge on any atom is 0.255 e. The first-order chi connectivity index (χ1) is 16.5. The van der Waals surface area contributed by atoms with E-state index >= 15 is 0 Å². The van der Waals surface area contributed by atoms with Gasteiger partial charge in [-0.1, -0.05) is 30.3 Å². The Labute approximate surface area is 197 Å². The molecular weight excluding hydrogens is 426 g/mol. The lowest BCUT2D eigenvalue weighted by Crippen LogP contribution is -2.31. The number of rotatable bonds is 4. The molecule has 0 bridgehead atoms. The molecule has 34 heavy (non-hydrogen) atoms. The third-order valence-corrected chi connectivity index (χ3v) is 6.76. The standard InChI is InChI=1S/C27H25N5O2/c1-17-25-23(11-24(28-26(25)30-29-17)19-7-9-22(33)10-8-19)27(34)32-15-20-13-31(14-21(20)16-32)12-18-5-3-2-4-6-18/h2-11,13,21,33H,12,14-16H2,1H3,(H,28,29,30). The van der Waals surface area contributed by atoms with Crippen molar-refractivity contribution in [2.75, 3.05) is 19.6 Å². The van der Waals surface area contributed by atoms with Gasteiger partial charge in [0.1, 0.15) is 5.75 Å². The Morgan fingerprint density at radius 2 is 1.91 bits per heavy atom. The number of aryl methyl sites for hydroxylation is 1. The van der Waals surface area contributed by atoms with Gasteiger partial charge < -0.3 is 14.9 Å². The molecule has 2 aromatic heterocycles. The largest absolute Gasteiger partial charge is 0.508 e. The maximum absolute atomic E-state index is 13.7. The lowest BCUT2D eigenvalue weighted by molar-refractivity contribution is 0.0786. The lowest BCUT2D eigenvalue weighted by Gasteiger charge is -2.21. The number of aromatic nitrogens is 3. The highest BCUT2D eigenvalue weighted by Gasteiger charge is 2.36. The number of phenols is 1. The summed E-state index contributed by atoms with van der Waals surface area (Å²) in [5.74, 6) is 0.559. The second-order valence-corrected chi connectivity index (χ2v) is 9.15. The van der Waals surface area contributed by atoms with E-state index < -0.39 is 0 Å². The molecule has 7 heteroatoms. The Morgan fingerprint density at radius 1 is 1.12 bits per heavy atom. The van der Waals surface area contributed by atoms with E-state index in [2.05, 4.69) is 50.5 Å². The number of carbonyl (C=O) groups excluding carboxylic acids is 1. The van der Waals surface area contributed by atoms with Crippen LogP contribution in [0.25, 0.3) is 22.3 Å². The van der Waals surface area contributed by atoms with Gasteiger partial charge in [0.25, 0.3) is 5.91 Å².